The van der Waals surface area contributed by atoms with Crippen molar-refractivity contribution in [2.24, 2.45) is 0 Å². The number of nitrogens with zero attached hydrogens (tertiary/aromatic N) is 1. The predicted molar refractivity (Wildman–Crippen MR) is 93.0 cm³/mol. The van der Waals surface area contributed by atoms with Crippen LogP contribution >= 0.6 is 0 Å². The van der Waals surface area contributed by atoms with E-state index in [1.165, 1.54) is 6.92 Å². The fourth-order valence-electron chi connectivity index (χ4n) is 2.51. The van der Waals surface area contributed by atoms with Crippen molar-refractivity contribution in [3.63, 3.8) is 0 Å². The number of benzene rings is 2. The second-order valence-corrected chi connectivity index (χ2v) is 5.79. The largest absolute Gasteiger partial charge is 0.416 e. The summed E-state index contributed by atoms with van der Waals surface area (Å²) in [6.45, 7) is 3.75. The standard InChI is InChI=1S/C19H19F3N2O2/c1-13-5-3-4-6-17(13)24(14(2)25)12-11-23-18(26)15-7-9-16(10-8-15)19(20,21)22/h3-10H,11-12H2,1-2H3,(H,23,26). The number of amides is 2. The lowest BCUT2D eigenvalue weighted by Gasteiger charge is -2.23. The summed E-state index contributed by atoms with van der Waals surface area (Å²) in [6, 6.07) is 11.4. The number of rotatable bonds is 5. The van der Waals surface area contributed by atoms with E-state index in [2.05, 4.69) is 5.32 Å². The molecule has 4 nitrogen and oxygen atoms in total. The van der Waals surface area contributed by atoms with Crippen LogP contribution in [0.15, 0.2) is 48.5 Å². The number of halogens is 3. The van der Waals surface area contributed by atoms with Gasteiger partial charge in [-0.1, -0.05) is 18.2 Å². The van der Waals surface area contributed by atoms with Gasteiger partial charge in [0.1, 0.15) is 0 Å². The molecule has 1 N–H and O–H groups in total. The van der Waals surface area contributed by atoms with Gasteiger partial charge in [-0.3, -0.25) is 9.59 Å². The molecule has 0 heterocycles. The lowest BCUT2D eigenvalue weighted by molar-refractivity contribution is -0.137. The van der Waals surface area contributed by atoms with Gasteiger partial charge in [0.05, 0.1) is 5.56 Å². The van der Waals surface area contributed by atoms with Crippen LogP contribution in [0.3, 0.4) is 0 Å². The van der Waals surface area contributed by atoms with Crippen molar-refractivity contribution in [2.75, 3.05) is 18.0 Å². The fourth-order valence-corrected chi connectivity index (χ4v) is 2.51. The number of aryl methyl sites for hydroxylation is 1. The van der Waals surface area contributed by atoms with Crippen molar-refractivity contribution in [3.05, 3.63) is 65.2 Å². The molecule has 0 unspecified atom stereocenters. The molecule has 0 aliphatic heterocycles. The summed E-state index contributed by atoms with van der Waals surface area (Å²) in [7, 11) is 0. The molecule has 0 radical (unpaired) electrons. The fraction of sp³-hybridized carbons (Fsp3) is 0.263. The lowest BCUT2D eigenvalue weighted by Crippen LogP contribution is -2.37. The summed E-state index contributed by atoms with van der Waals surface area (Å²) in [4.78, 5) is 25.5. The first kappa shape index (κ1) is 19.5. The number of hydrogen-bond donors (Lipinski definition) is 1. The number of alkyl halides is 3. The third-order valence-corrected chi connectivity index (χ3v) is 3.88. The van der Waals surface area contributed by atoms with Crippen molar-refractivity contribution < 1.29 is 22.8 Å². The molecule has 0 bridgehead atoms. The Kier molecular flexibility index (Phi) is 6.02. The monoisotopic (exact) mass is 364 g/mol. The first-order chi connectivity index (χ1) is 12.2. The summed E-state index contributed by atoms with van der Waals surface area (Å²) in [6.07, 6.45) is -4.44. The smallest absolute Gasteiger partial charge is 0.350 e. The third-order valence-electron chi connectivity index (χ3n) is 3.88. The molecule has 138 valence electrons. The van der Waals surface area contributed by atoms with Crippen molar-refractivity contribution in [1.82, 2.24) is 5.32 Å². The molecule has 7 heteroatoms. The average Bonchev–Trinajstić information content (AvgIpc) is 2.58. The van der Waals surface area contributed by atoms with E-state index in [0.29, 0.717) is 0 Å². The van der Waals surface area contributed by atoms with Crippen LogP contribution in [0.2, 0.25) is 0 Å². The molecular formula is C19H19F3N2O2. The van der Waals surface area contributed by atoms with Crippen molar-refractivity contribution in [3.8, 4) is 0 Å². The number of anilines is 1. The van der Waals surface area contributed by atoms with Crippen LogP contribution in [0.4, 0.5) is 18.9 Å². The second-order valence-electron chi connectivity index (χ2n) is 5.79. The molecule has 2 rings (SSSR count). The number of nitrogens with one attached hydrogen (secondary N) is 1. The second kappa shape index (κ2) is 8.03. The Hall–Kier alpha value is -2.83. The van der Waals surface area contributed by atoms with E-state index in [1.807, 2.05) is 31.2 Å². The van der Waals surface area contributed by atoms with Crippen LogP contribution in [0.25, 0.3) is 0 Å². The van der Waals surface area contributed by atoms with Crippen LogP contribution in [0, 0.1) is 6.92 Å². The molecule has 0 aliphatic rings. The van der Waals surface area contributed by atoms with Crippen LogP contribution in [0.1, 0.15) is 28.4 Å². The van der Waals surface area contributed by atoms with Crippen molar-refractivity contribution >= 4 is 17.5 Å². The first-order valence-corrected chi connectivity index (χ1v) is 7.99. The highest BCUT2D eigenvalue weighted by atomic mass is 19.4. The molecule has 0 saturated carbocycles. The van der Waals surface area contributed by atoms with Gasteiger partial charge < -0.3 is 10.2 Å². The van der Waals surface area contributed by atoms with Gasteiger partial charge in [0.25, 0.3) is 5.91 Å². The van der Waals surface area contributed by atoms with Crippen molar-refractivity contribution in [2.45, 2.75) is 20.0 Å². The van der Waals surface area contributed by atoms with Gasteiger partial charge in [-0.25, -0.2) is 0 Å². The highest BCUT2D eigenvalue weighted by Crippen LogP contribution is 2.29. The van der Waals surface area contributed by atoms with Gasteiger partial charge in [0.2, 0.25) is 5.91 Å². The summed E-state index contributed by atoms with van der Waals surface area (Å²) < 4.78 is 37.6. The Balaban J connectivity index is 1.98. The summed E-state index contributed by atoms with van der Waals surface area (Å²) in [5.41, 5.74) is 1.00. The van der Waals surface area contributed by atoms with E-state index in [-0.39, 0.29) is 24.6 Å². The average molecular weight is 364 g/mol. The van der Waals surface area contributed by atoms with E-state index < -0.39 is 17.6 Å². The van der Waals surface area contributed by atoms with E-state index >= 15 is 0 Å². The summed E-state index contributed by atoms with van der Waals surface area (Å²) in [5.74, 6) is -0.657. The zero-order valence-electron chi connectivity index (χ0n) is 14.4. The molecular weight excluding hydrogens is 345 g/mol. The first-order valence-electron chi connectivity index (χ1n) is 7.99. The Morgan fingerprint density at radius 1 is 1.04 bits per heavy atom. The molecule has 0 aliphatic carbocycles. The van der Waals surface area contributed by atoms with E-state index in [9.17, 15) is 22.8 Å². The highest BCUT2D eigenvalue weighted by molar-refractivity contribution is 5.95. The number of hydrogen-bond acceptors (Lipinski definition) is 2. The highest BCUT2D eigenvalue weighted by Gasteiger charge is 2.30. The normalized spacial score (nSPS) is 11.1. The zero-order valence-corrected chi connectivity index (χ0v) is 14.4. The lowest BCUT2D eigenvalue weighted by atomic mass is 10.1. The molecule has 2 aromatic carbocycles. The maximum absolute atomic E-state index is 12.5. The molecule has 26 heavy (non-hydrogen) atoms. The zero-order chi connectivity index (χ0) is 19.3. The number of carbonyl (C=O) groups excluding carboxylic acids is 2. The molecule has 2 aromatic rings. The summed E-state index contributed by atoms with van der Waals surface area (Å²) >= 11 is 0. The van der Waals surface area contributed by atoms with E-state index in [0.717, 1.165) is 35.5 Å². The maximum Gasteiger partial charge on any atom is 0.416 e. The van der Waals surface area contributed by atoms with E-state index in [1.54, 1.807) is 4.90 Å². The van der Waals surface area contributed by atoms with Gasteiger partial charge in [-0.15, -0.1) is 0 Å². The van der Waals surface area contributed by atoms with Gasteiger partial charge in [-0.05, 0) is 42.8 Å². The third kappa shape index (κ3) is 4.84. The minimum atomic E-state index is -4.44. The molecule has 2 amide bonds. The summed E-state index contributed by atoms with van der Waals surface area (Å²) in [5, 5.41) is 2.62. The van der Waals surface area contributed by atoms with Gasteiger partial charge in [0, 0.05) is 31.3 Å². The van der Waals surface area contributed by atoms with Crippen LogP contribution in [0.5, 0.6) is 0 Å². The van der Waals surface area contributed by atoms with Gasteiger partial charge in [-0.2, -0.15) is 13.2 Å². The SMILES string of the molecule is CC(=O)N(CCNC(=O)c1ccc(C(F)(F)F)cc1)c1ccccc1C. The van der Waals surface area contributed by atoms with Gasteiger partial charge in [0.15, 0.2) is 0 Å². The molecule has 0 spiro atoms. The van der Waals surface area contributed by atoms with Crippen LogP contribution in [-0.2, 0) is 11.0 Å². The van der Waals surface area contributed by atoms with Crippen molar-refractivity contribution in [1.29, 1.82) is 0 Å². The Morgan fingerprint density at radius 3 is 2.19 bits per heavy atom. The Labute approximate surface area is 149 Å². The number of carbonyl (C=O) groups is 2. The predicted octanol–water partition coefficient (Wildman–Crippen LogP) is 3.80. The van der Waals surface area contributed by atoms with E-state index in [4.69, 9.17) is 0 Å². The Bertz CT molecular complexity index is 786. The van der Waals surface area contributed by atoms with Crippen LogP contribution in [-0.4, -0.2) is 24.9 Å². The number of para-hydroxylation sites is 1. The Morgan fingerprint density at radius 2 is 1.65 bits per heavy atom. The quantitative estimate of drug-likeness (QED) is 0.877. The maximum atomic E-state index is 12.5. The molecule has 0 aromatic heterocycles. The molecule has 0 saturated heterocycles. The molecule has 0 fully saturated rings. The van der Waals surface area contributed by atoms with Crippen LogP contribution < -0.4 is 10.2 Å². The minimum absolute atomic E-state index is 0.128. The molecule has 0 atom stereocenters. The minimum Gasteiger partial charge on any atom is -0.350 e. The topological polar surface area (TPSA) is 49.4 Å². The van der Waals surface area contributed by atoms with Gasteiger partial charge >= 0.3 is 6.18 Å².